The van der Waals surface area contributed by atoms with Gasteiger partial charge in [-0.3, -0.25) is 9.69 Å². The van der Waals surface area contributed by atoms with E-state index in [1.54, 1.807) is 11.0 Å². The molecule has 1 aromatic rings. The summed E-state index contributed by atoms with van der Waals surface area (Å²) in [5, 5.41) is 0.308. The van der Waals surface area contributed by atoms with Gasteiger partial charge in [0, 0.05) is 31.2 Å². The highest BCUT2D eigenvalue weighted by Gasteiger charge is 2.24. The van der Waals surface area contributed by atoms with E-state index in [4.69, 9.17) is 11.6 Å². The monoisotopic (exact) mass is 312 g/mol. The van der Waals surface area contributed by atoms with Gasteiger partial charge in [0.25, 0.3) is 5.91 Å². The summed E-state index contributed by atoms with van der Waals surface area (Å²) in [4.78, 5) is 16.4. The minimum Gasteiger partial charge on any atom is -0.336 e. The predicted octanol–water partition coefficient (Wildman–Crippen LogP) is 3.28. The number of carbonyl (C=O) groups excluding carboxylic acids is 1. The third kappa shape index (κ3) is 4.42. The summed E-state index contributed by atoms with van der Waals surface area (Å²) < 4.78 is 13.8. The molecule has 1 aliphatic rings. The molecular weight excluding hydrogens is 291 g/mol. The standard InChI is InChI=1S/C16H22ClFN2O/c1-12(2)5-6-19-7-9-20(10-8-19)16(21)14-4-3-13(17)11-15(14)18/h3-4,11-12H,5-10H2,1-2H3. The van der Waals surface area contributed by atoms with Crippen molar-refractivity contribution < 1.29 is 9.18 Å². The first kappa shape index (κ1) is 16.2. The molecule has 0 N–H and O–H groups in total. The Balaban J connectivity index is 1.91. The van der Waals surface area contributed by atoms with Crippen LogP contribution in [0.5, 0.6) is 0 Å². The van der Waals surface area contributed by atoms with Crippen LogP contribution < -0.4 is 0 Å². The van der Waals surface area contributed by atoms with Gasteiger partial charge in [-0.2, -0.15) is 0 Å². The molecule has 0 aliphatic carbocycles. The highest BCUT2D eigenvalue weighted by Crippen LogP contribution is 2.17. The Kier molecular flexibility index (Phi) is 5.59. The van der Waals surface area contributed by atoms with E-state index < -0.39 is 5.82 Å². The fourth-order valence-corrected chi connectivity index (χ4v) is 2.61. The van der Waals surface area contributed by atoms with E-state index in [0.717, 1.165) is 19.6 Å². The minimum atomic E-state index is -0.547. The summed E-state index contributed by atoms with van der Waals surface area (Å²) in [7, 11) is 0. The molecule has 0 unspecified atom stereocenters. The normalized spacial score (nSPS) is 16.5. The Morgan fingerprint density at radius 2 is 1.95 bits per heavy atom. The van der Waals surface area contributed by atoms with Crippen LogP contribution in [-0.2, 0) is 0 Å². The van der Waals surface area contributed by atoms with Gasteiger partial charge in [0.2, 0.25) is 0 Å². The van der Waals surface area contributed by atoms with Crippen molar-refractivity contribution in [2.24, 2.45) is 5.92 Å². The van der Waals surface area contributed by atoms with Gasteiger partial charge in [-0.1, -0.05) is 25.4 Å². The second-order valence-corrected chi connectivity index (χ2v) is 6.38. The highest BCUT2D eigenvalue weighted by molar-refractivity contribution is 6.30. The van der Waals surface area contributed by atoms with Crippen molar-refractivity contribution in [1.29, 1.82) is 0 Å². The Bertz CT molecular complexity index is 499. The van der Waals surface area contributed by atoms with E-state index in [1.165, 1.54) is 18.6 Å². The van der Waals surface area contributed by atoms with Crippen molar-refractivity contribution in [3.63, 3.8) is 0 Å². The Morgan fingerprint density at radius 3 is 2.52 bits per heavy atom. The molecule has 3 nitrogen and oxygen atoms in total. The molecule has 0 spiro atoms. The Morgan fingerprint density at radius 1 is 1.29 bits per heavy atom. The Labute approximate surface area is 130 Å². The van der Waals surface area contributed by atoms with Crippen LogP contribution in [0.4, 0.5) is 4.39 Å². The quantitative estimate of drug-likeness (QED) is 0.852. The number of hydrogen-bond donors (Lipinski definition) is 0. The molecule has 1 heterocycles. The van der Waals surface area contributed by atoms with Crippen LogP contribution in [0.2, 0.25) is 5.02 Å². The van der Waals surface area contributed by atoms with Crippen molar-refractivity contribution in [2.45, 2.75) is 20.3 Å². The zero-order chi connectivity index (χ0) is 15.4. The topological polar surface area (TPSA) is 23.6 Å². The van der Waals surface area contributed by atoms with E-state index in [0.29, 0.717) is 24.0 Å². The maximum absolute atomic E-state index is 13.8. The van der Waals surface area contributed by atoms with Crippen molar-refractivity contribution in [1.82, 2.24) is 9.80 Å². The van der Waals surface area contributed by atoms with E-state index in [2.05, 4.69) is 18.7 Å². The molecule has 0 bridgehead atoms. The lowest BCUT2D eigenvalue weighted by molar-refractivity contribution is 0.0627. The zero-order valence-electron chi connectivity index (χ0n) is 12.6. The SMILES string of the molecule is CC(C)CCN1CCN(C(=O)c2ccc(Cl)cc2F)CC1. The van der Waals surface area contributed by atoms with E-state index in [1.807, 2.05) is 0 Å². The lowest BCUT2D eigenvalue weighted by Gasteiger charge is -2.35. The first-order valence-corrected chi connectivity index (χ1v) is 7.82. The number of hydrogen-bond acceptors (Lipinski definition) is 2. The molecule has 21 heavy (non-hydrogen) atoms. The molecule has 5 heteroatoms. The number of amides is 1. The van der Waals surface area contributed by atoms with Gasteiger partial charge in [-0.15, -0.1) is 0 Å². The third-order valence-electron chi connectivity index (χ3n) is 3.84. The largest absolute Gasteiger partial charge is 0.336 e. The van der Waals surface area contributed by atoms with Crippen molar-refractivity contribution in [3.05, 3.63) is 34.6 Å². The van der Waals surface area contributed by atoms with Gasteiger partial charge < -0.3 is 4.90 Å². The van der Waals surface area contributed by atoms with Crippen LogP contribution in [0.25, 0.3) is 0 Å². The van der Waals surface area contributed by atoms with Crippen LogP contribution in [0.3, 0.4) is 0 Å². The molecule has 1 saturated heterocycles. The number of nitrogens with zero attached hydrogens (tertiary/aromatic N) is 2. The zero-order valence-corrected chi connectivity index (χ0v) is 13.4. The second kappa shape index (κ2) is 7.23. The summed E-state index contributed by atoms with van der Waals surface area (Å²) in [5.74, 6) is -0.102. The average molecular weight is 313 g/mol. The van der Waals surface area contributed by atoms with Gasteiger partial charge in [0.15, 0.2) is 0 Å². The summed E-state index contributed by atoms with van der Waals surface area (Å²) in [6.07, 6.45) is 1.17. The minimum absolute atomic E-state index is 0.107. The number of carbonyl (C=O) groups is 1. The van der Waals surface area contributed by atoms with Crippen LogP contribution in [0, 0.1) is 11.7 Å². The number of piperazine rings is 1. The fraction of sp³-hybridized carbons (Fsp3) is 0.562. The molecule has 116 valence electrons. The second-order valence-electron chi connectivity index (χ2n) is 5.94. The lowest BCUT2D eigenvalue weighted by Crippen LogP contribution is -2.49. The smallest absolute Gasteiger partial charge is 0.256 e. The van der Waals surface area contributed by atoms with Gasteiger partial charge in [0.1, 0.15) is 5.82 Å². The first-order chi connectivity index (χ1) is 9.97. The Hall–Kier alpha value is -1.13. The van der Waals surface area contributed by atoms with Gasteiger partial charge >= 0.3 is 0 Å². The van der Waals surface area contributed by atoms with Gasteiger partial charge in [-0.25, -0.2) is 4.39 Å². The van der Waals surface area contributed by atoms with Crippen LogP contribution in [0.1, 0.15) is 30.6 Å². The lowest BCUT2D eigenvalue weighted by atomic mass is 10.1. The number of benzene rings is 1. The molecule has 1 fully saturated rings. The fourth-order valence-electron chi connectivity index (χ4n) is 2.45. The molecule has 0 aromatic heterocycles. The maximum atomic E-state index is 13.8. The molecule has 1 aliphatic heterocycles. The van der Waals surface area contributed by atoms with Gasteiger partial charge in [0.05, 0.1) is 5.56 Å². The van der Waals surface area contributed by atoms with Gasteiger partial charge in [-0.05, 0) is 37.1 Å². The third-order valence-corrected chi connectivity index (χ3v) is 4.08. The molecule has 0 radical (unpaired) electrons. The van der Waals surface area contributed by atoms with Crippen molar-refractivity contribution in [2.75, 3.05) is 32.7 Å². The van der Waals surface area contributed by atoms with E-state index >= 15 is 0 Å². The molecule has 0 saturated carbocycles. The summed E-state index contributed by atoms with van der Waals surface area (Å²) in [6.45, 7) is 8.50. The first-order valence-electron chi connectivity index (χ1n) is 7.44. The molecular formula is C16H22ClFN2O. The molecule has 1 amide bonds. The molecule has 2 rings (SSSR count). The van der Waals surface area contributed by atoms with Crippen LogP contribution >= 0.6 is 11.6 Å². The molecule has 0 atom stereocenters. The summed E-state index contributed by atoms with van der Waals surface area (Å²) in [5.41, 5.74) is 0.107. The maximum Gasteiger partial charge on any atom is 0.256 e. The highest BCUT2D eigenvalue weighted by atomic mass is 35.5. The average Bonchev–Trinajstić information content (AvgIpc) is 2.45. The van der Waals surface area contributed by atoms with Crippen LogP contribution in [-0.4, -0.2) is 48.4 Å². The van der Waals surface area contributed by atoms with E-state index in [9.17, 15) is 9.18 Å². The number of rotatable bonds is 4. The van der Waals surface area contributed by atoms with Crippen molar-refractivity contribution in [3.8, 4) is 0 Å². The van der Waals surface area contributed by atoms with E-state index in [-0.39, 0.29) is 11.5 Å². The number of halogens is 2. The van der Waals surface area contributed by atoms with Crippen LogP contribution in [0.15, 0.2) is 18.2 Å². The van der Waals surface area contributed by atoms with Crippen molar-refractivity contribution >= 4 is 17.5 Å². The summed E-state index contributed by atoms with van der Waals surface area (Å²) >= 11 is 5.72. The summed E-state index contributed by atoms with van der Waals surface area (Å²) in [6, 6.07) is 4.20. The molecule has 1 aromatic carbocycles. The predicted molar refractivity (Wildman–Crippen MR) is 83.2 cm³/mol.